The summed E-state index contributed by atoms with van der Waals surface area (Å²) in [7, 11) is -1.54. The second kappa shape index (κ2) is 6.33. The van der Waals surface area contributed by atoms with E-state index in [1.165, 1.54) is 5.19 Å². The van der Waals surface area contributed by atoms with E-state index in [0.29, 0.717) is 5.75 Å². The molecule has 1 heterocycles. The second-order valence-corrected chi connectivity index (χ2v) is 12.2. The Morgan fingerprint density at radius 3 is 2.36 bits per heavy atom. The molecule has 2 aromatic carbocycles. The molecule has 1 N–H and O–H groups in total. The molecule has 128 valence electrons. The van der Waals surface area contributed by atoms with Crippen molar-refractivity contribution in [1.29, 1.82) is 0 Å². The third-order valence-corrected chi connectivity index (χ3v) is 6.31. The van der Waals surface area contributed by atoms with E-state index in [1.54, 1.807) is 0 Å². The Balaban J connectivity index is 2.32. The van der Waals surface area contributed by atoms with Crippen molar-refractivity contribution >= 4 is 30.3 Å². The molecule has 3 aromatic rings. The number of nitrogens with zero attached hydrogens (tertiary/aromatic N) is 1. The lowest BCUT2D eigenvalue weighted by Gasteiger charge is -2.19. The molecule has 3 rings (SSSR count). The van der Waals surface area contributed by atoms with Crippen LogP contribution in [0.2, 0.25) is 19.6 Å². The SMILES string of the molecule is Cc1c(-c2ccccc2)nc2ccc([Si](C)(C)C)cc2c1OC(=O)O. The van der Waals surface area contributed by atoms with Gasteiger partial charge in [0.2, 0.25) is 0 Å². The van der Waals surface area contributed by atoms with E-state index in [1.807, 2.05) is 49.4 Å². The molecule has 0 unspecified atom stereocenters. The van der Waals surface area contributed by atoms with Crippen LogP contribution < -0.4 is 9.92 Å². The Bertz CT molecular complexity index is 947. The molecule has 4 nitrogen and oxygen atoms in total. The Hall–Kier alpha value is -2.66. The van der Waals surface area contributed by atoms with Gasteiger partial charge in [0.25, 0.3) is 0 Å². The van der Waals surface area contributed by atoms with Crippen LogP contribution in [0.1, 0.15) is 5.56 Å². The number of benzene rings is 2. The van der Waals surface area contributed by atoms with Crippen molar-refractivity contribution in [1.82, 2.24) is 4.98 Å². The first-order valence-corrected chi connectivity index (χ1v) is 11.7. The molecule has 0 spiro atoms. The summed E-state index contributed by atoms with van der Waals surface area (Å²) < 4.78 is 5.18. The van der Waals surface area contributed by atoms with Crippen LogP contribution in [-0.2, 0) is 0 Å². The maximum Gasteiger partial charge on any atom is 0.511 e. The van der Waals surface area contributed by atoms with E-state index in [0.717, 1.165) is 27.7 Å². The minimum absolute atomic E-state index is 0.372. The number of hydrogen-bond donors (Lipinski definition) is 1. The largest absolute Gasteiger partial charge is 0.511 e. The van der Waals surface area contributed by atoms with E-state index >= 15 is 0 Å². The minimum atomic E-state index is -1.54. The zero-order chi connectivity index (χ0) is 18.2. The van der Waals surface area contributed by atoms with Crippen LogP contribution in [0.3, 0.4) is 0 Å². The number of fused-ring (bicyclic) bond motifs is 1. The predicted octanol–water partition coefficient (Wildman–Crippen LogP) is 4.81. The van der Waals surface area contributed by atoms with Crippen LogP contribution in [0.5, 0.6) is 5.75 Å². The van der Waals surface area contributed by atoms with Gasteiger partial charge < -0.3 is 9.84 Å². The highest BCUT2D eigenvalue weighted by Crippen LogP contribution is 2.35. The number of carbonyl (C=O) groups is 1. The third kappa shape index (κ3) is 3.41. The number of ether oxygens (including phenoxy) is 1. The highest BCUT2D eigenvalue weighted by atomic mass is 28.3. The molecule has 0 radical (unpaired) electrons. The van der Waals surface area contributed by atoms with Gasteiger partial charge in [0.05, 0.1) is 19.3 Å². The molecular formula is C20H21NO3Si. The van der Waals surface area contributed by atoms with E-state index in [-0.39, 0.29) is 0 Å². The van der Waals surface area contributed by atoms with Crippen molar-refractivity contribution in [2.75, 3.05) is 0 Å². The molecule has 25 heavy (non-hydrogen) atoms. The second-order valence-electron chi connectivity index (χ2n) is 7.13. The number of hydrogen-bond acceptors (Lipinski definition) is 3. The zero-order valence-electron chi connectivity index (χ0n) is 14.8. The summed E-state index contributed by atoms with van der Waals surface area (Å²) in [4.78, 5) is 16.0. The molecular weight excluding hydrogens is 330 g/mol. The number of carboxylic acid groups (broad SMARTS) is 1. The molecule has 0 fully saturated rings. The molecule has 1 aromatic heterocycles. The average molecular weight is 351 g/mol. The number of aromatic nitrogens is 1. The molecule has 0 aliphatic heterocycles. The van der Waals surface area contributed by atoms with Crippen molar-refractivity contribution in [3.05, 3.63) is 54.1 Å². The maximum atomic E-state index is 11.3. The van der Waals surface area contributed by atoms with E-state index in [2.05, 4.69) is 25.7 Å². The van der Waals surface area contributed by atoms with Crippen molar-refractivity contribution in [3.8, 4) is 17.0 Å². The lowest BCUT2D eigenvalue weighted by Crippen LogP contribution is -2.37. The zero-order valence-corrected chi connectivity index (χ0v) is 15.8. The summed E-state index contributed by atoms with van der Waals surface area (Å²) in [5.74, 6) is 0.372. The Kier molecular flexibility index (Phi) is 4.35. The minimum Gasteiger partial charge on any atom is -0.449 e. The summed E-state index contributed by atoms with van der Waals surface area (Å²) in [5.41, 5.74) is 3.15. The van der Waals surface area contributed by atoms with Crippen LogP contribution in [0, 0.1) is 6.92 Å². The molecule has 0 saturated carbocycles. The lowest BCUT2D eigenvalue weighted by atomic mass is 10.0. The fourth-order valence-corrected chi connectivity index (χ4v) is 4.05. The summed E-state index contributed by atoms with van der Waals surface area (Å²) in [6.45, 7) is 8.62. The van der Waals surface area contributed by atoms with Gasteiger partial charge in [-0.1, -0.05) is 61.2 Å². The number of rotatable bonds is 3. The van der Waals surface area contributed by atoms with Gasteiger partial charge >= 0.3 is 6.16 Å². The Labute approximate surface area is 148 Å². The monoisotopic (exact) mass is 351 g/mol. The molecule has 0 aliphatic rings. The van der Waals surface area contributed by atoms with Gasteiger partial charge in [-0.3, -0.25) is 0 Å². The lowest BCUT2D eigenvalue weighted by molar-refractivity contribution is 0.145. The maximum absolute atomic E-state index is 11.3. The molecule has 0 saturated heterocycles. The summed E-state index contributed by atoms with van der Waals surface area (Å²) in [6.07, 6.45) is -1.31. The van der Waals surface area contributed by atoms with Gasteiger partial charge in [0, 0.05) is 16.5 Å². The van der Waals surface area contributed by atoms with Gasteiger partial charge in [0.1, 0.15) is 5.75 Å². The van der Waals surface area contributed by atoms with Crippen LogP contribution in [0.4, 0.5) is 4.79 Å². The standard InChI is InChI=1S/C20H21NO3Si/c1-13-18(14-8-6-5-7-9-14)21-17-11-10-15(25(2,3)4)12-16(17)19(13)24-20(22)23/h5-12H,1-4H3,(H,22,23). The fraction of sp³-hybridized carbons (Fsp3) is 0.200. The van der Waals surface area contributed by atoms with Gasteiger partial charge in [0.15, 0.2) is 0 Å². The van der Waals surface area contributed by atoms with Crippen LogP contribution >= 0.6 is 0 Å². The van der Waals surface area contributed by atoms with Crippen molar-refractivity contribution in [2.24, 2.45) is 0 Å². The first-order valence-electron chi connectivity index (χ1n) is 8.18. The summed E-state index contributed by atoms with van der Waals surface area (Å²) >= 11 is 0. The van der Waals surface area contributed by atoms with E-state index in [4.69, 9.17) is 9.72 Å². The van der Waals surface area contributed by atoms with Crippen LogP contribution in [0.15, 0.2) is 48.5 Å². The van der Waals surface area contributed by atoms with Crippen molar-refractivity contribution in [3.63, 3.8) is 0 Å². The van der Waals surface area contributed by atoms with Gasteiger partial charge in [-0.15, -0.1) is 0 Å². The highest BCUT2D eigenvalue weighted by Gasteiger charge is 2.21. The topological polar surface area (TPSA) is 59.4 Å². The van der Waals surface area contributed by atoms with Gasteiger partial charge in [-0.25, -0.2) is 9.78 Å². The number of pyridine rings is 1. The van der Waals surface area contributed by atoms with Crippen LogP contribution in [-0.4, -0.2) is 24.3 Å². The molecule has 0 amide bonds. The smallest absolute Gasteiger partial charge is 0.449 e. The van der Waals surface area contributed by atoms with E-state index < -0.39 is 14.2 Å². The average Bonchev–Trinajstić information content (AvgIpc) is 2.56. The predicted molar refractivity (Wildman–Crippen MR) is 104 cm³/mol. The first kappa shape index (κ1) is 17.2. The molecule has 0 aliphatic carbocycles. The molecule has 0 atom stereocenters. The van der Waals surface area contributed by atoms with Crippen LogP contribution in [0.25, 0.3) is 22.2 Å². The quantitative estimate of drug-likeness (QED) is 0.543. The normalized spacial score (nSPS) is 11.5. The first-order chi connectivity index (χ1) is 11.8. The highest BCUT2D eigenvalue weighted by molar-refractivity contribution is 6.88. The molecule has 5 heteroatoms. The van der Waals surface area contributed by atoms with Gasteiger partial charge in [-0.05, 0) is 19.1 Å². The van der Waals surface area contributed by atoms with E-state index in [9.17, 15) is 9.90 Å². The Morgan fingerprint density at radius 2 is 1.76 bits per heavy atom. The Morgan fingerprint density at radius 1 is 1.08 bits per heavy atom. The summed E-state index contributed by atoms with van der Waals surface area (Å²) in [6, 6.07) is 15.8. The van der Waals surface area contributed by atoms with Crippen molar-refractivity contribution < 1.29 is 14.6 Å². The fourth-order valence-electron chi connectivity index (χ4n) is 2.89. The molecule has 0 bridgehead atoms. The third-order valence-electron chi connectivity index (χ3n) is 4.27. The van der Waals surface area contributed by atoms with Gasteiger partial charge in [-0.2, -0.15) is 0 Å². The van der Waals surface area contributed by atoms with Crippen molar-refractivity contribution in [2.45, 2.75) is 26.6 Å². The summed E-state index contributed by atoms with van der Waals surface area (Å²) in [5, 5.41) is 11.2.